The summed E-state index contributed by atoms with van der Waals surface area (Å²) in [5.41, 5.74) is 2.93. The van der Waals surface area contributed by atoms with Crippen molar-refractivity contribution < 1.29 is 4.92 Å². The maximum atomic E-state index is 11.0. The van der Waals surface area contributed by atoms with Crippen molar-refractivity contribution in [3.05, 3.63) is 40.6 Å². The molecule has 1 aromatic carbocycles. The minimum atomic E-state index is -0.532. The molecule has 0 unspecified atom stereocenters. The van der Waals surface area contributed by atoms with E-state index in [9.17, 15) is 10.1 Å². The highest BCUT2D eigenvalue weighted by Crippen LogP contribution is 2.37. The highest BCUT2D eigenvalue weighted by Gasteiger charge is 2.20. The predicted octanol–water partition coefficient (Wildman–Crippen LogP) is 2.43. The van der Waals surface area contributed by atoms with Crippen molar-refractivity contribution in [3.63, 3.8) is 0 Å². The van der Waals surface area contributed by atoms with Crippen molar-refractivity contribution in [2.75, 3.05) is 5.43 Å². The number of nitrogen functional groups attached to an aromatic ring is 1. The normalized spacial score (nSPS) is 10.7. The Morgan fingerprint density at radius 2 is 2.14 bits per heavy atom. The van der Waals surface area contributed by atoms with E-state index >= 15 is 0 Å². The number of benzene rings is 1. The van der Waals surface area contributed by atoms with E-state index in [0.717, 1.165) is 28.2 Å². The molecule has 0 saturated carbocycles. The van der Waals surface area contributed by atoms with E-state index in [0.29, 0.717) is 4.34 Å². The molecule has 0 aliphatic carbocycles. The molecule has 2 heterocycles. The Hall–Kier alpha value is -2.30. The molecule has 106 valence electrons. The van der Waals surface area contributed by atoms with E-state index in [1.165, 1.54) is 11.3 Å². The first kappa shape index (κ1) is 13.7. The van der Waals surface area contributed by atoms with Gasteiger partial charge >= 0.3 is 5.69 Å². The van der Waals surface area contributed by atoms with E-state index in [1.807, 2.05) is 24.3 Å². The zero-order valence-electron chi connectivity index (χ0n) is 10.4. The standard InChI is InChI=1S/C11H8N6O2S2/c12-16-10-13-5-7(17(18)19)9(15-10)21-11-14-6-3-1-2-4-8(6)20-11/h1-5H,12H2,(H,13,15,16). The van der Waals surface area contributed by atoms with Crippen LogP contribution in [0.15, 0.2) is 39.8 Å². The van der Waals surface area contributed by atoms with E-state index in [2.05, 4.69) is 20.4 Å². The van der Waals surface area contributed by atoms with Gasteiger partial charge in [-0.1, -0.05) is 12.1 Å². The molecule has 0 amide bonds. The molecule has 0 saturated heterocycles. The number of fused-ring (bicyclic) bond motifs is 1. The number of hydrogen-bond donors (Lipinski definition) is 2. The minimum Gasteiger partial charge on any atom is -0.292 e. The molecular formula is C11H8N6O2S2. The molecule has 0 bridgehead atoms. The first-order valence-electron chi connectivity index (χ1n) is 5.69. The summed E-state index contributed by atoms with van der Waals surface area (Å²) in [6, 6.07) is 7.63. The van der Waals surface area contributed by atoms with Gasteiger partial charge in [0.15, 0.2) is 9.37 Å². The van der Waals surface area contributed by atoms with Gasteiger partial charge in [0.25, 0.3) is 0 Å². The lowest BCUT2D eigenvalue weighted by Gasteiger charge is -2.01. The molecule has 0 radical (unpaired) electrons. The van der Waals surface area contributed by atoms with Gasteiger partial charge in [0.05, 0.1) is 15.1 Å². The van der Waals surface area contributed by atoms with Gasteiger partial charge in [0.2, 0.25) is 5.95 Å². The summed E-state index contributed by atoms with van der Waals surface area (Å²) in [6.07, 6.45) is 1.12. The van der Waals surface area contributed by atoms with Crippen molar-refractivity contribution in [3.8, 4) is 0 Å². The number of thiazole rings is 1. The van der Waals surface area contributed by atoms with E-state index in [4.69, 9.17) is 5.84 Å². The molecule has 0 fully saturated rings. The number of para-hydroxylation sites is 1. The largest absolute Gasteiger partial charge is 0.320 e. The number of aromatic nitrogens is 3. The number of nitro groups is 1. The van der Waals surface area contributed by atoms with Crippen molar-refractivity contribution in [1.82, 2.24) is 15.0 Å². The molecule has 3 rings (SSSR count). The molecule has 3 aromatic rings. The molecule has 21 heavy (non-hydrogen) atoms. The third-order valence-electron chi connectivity index (χ3n) is 2.52. The van der Waals surface area contributed by atoms with Gasteiger partial charge < -0.3 is 0 Å². The number of hydrazine groups is 1. The van der Waals surface area contributed by atoms with Crippen LogP contribution in [0.1, 0.15) is 0 Å². The minimum absolute atomic E-state index is 0.115. The fourth-order valence-electron chi connectivity index (χ4n) is 1.61. The molecular weight excluding hydrogens is 312 g/mol. The van der Waals surface area contributed by atoms with E-state index in [1.54, 1.807) is 0 Å². The number of anilines is 1. The quantitative estimate of drug-likeness (QED) is 0.325. The molecule has 3 N–H and O–H groups in total. The van der Waals surface area contributed by atoms with Gasteiger partial charge in [0, 0.05) is 0 Å². The summed E-state index contributed by atoms with van der Waals surface area (Å²) in [5, 5.41) is 11.2. The molecule has 0 atom stereocenters. The lowest BCUT2D eigenvalue weighted by atomic mass is 10.3. The maximum absolute atomic E-state index is 11.0. The van der Waals surface area contributed by atoms with Crippen molar-refractivity contribution in [2.24, 2.45) is 5.84 Å². The monoisotopic (exact) mass is 320 g/mol. The van der Waals surface area contributed by atoms with Crippen LogP contribution in [0.2, 0.25) is 0 Å². The Morgan fingerprint density at radius 3 is 2.86 bits per heavy atom. The topological polar surface area (TPSA) is 120 Å². The van der Waals surface area contributed by atoms with Crippen LogP contribution in [0.5, 0.6) is 0 Å². The van der Waals surface area contributed by atoms with Crippen molar-refractivity contribution in [1.29, 1.82) is 0 Å². The summed E-state index contributed by atoms with van der Waals surface area (Å²) in [5.74, 6) is 5.35. The Morgan fingerprint density at radius 1 is 1.33 bits per heavy atom. The fourth-order valence-corrected chi connectivity index (χ4v) is 3.65. The van der Waals surface area contributed by atoms with Crippen LogP contribution in [-0.4, -0.2) is 19.9 Å². The summed E-state index contributed by atoms with van der Waals surface area (Å²) < 4.78 is 1.68. The molecule has 0 aliphatic heterocycles. The smallest absolute Gasteiger partial charge is 0.292 e. The molecule has 0 spiro atoms. The van der Waals surface area contributed by atoms with Gasteiger partial charge in [-0.3, -0.25) is 15.5 Å². The molecule has 10 heteroatoms. The van der Waals surface area contributed by atoms with Crippen LogP contribution in [0, 0.1) is 10.1 Å². The van der Waals surface area contributed by atoms with E-state index in [-0.39, 0.29) is 16.7 Å². The first-order valence-corrected chi connectivity index (χ1v) is 7.32. The van der Waals surface area contributed by atoms with Crippen molar-refractivity contribution >= 4 is 45.0 Å². The first-order chi connectivity index (χ1) is 10.2. The number of nitrogens with one attached hydrogen (secondary N) is 1. The van der Waals surface area contributed by atoms with Gasteiger partial charge in [-0.15, -0.1) is 11.3 Å². The maximum Gasteiger partial charge on any atom is 0.320 e. The lowest BCUT2D eigenvalue weighted by molar-refractivity contribution is -0.388. The Balaban J connectivity index is 2.01. The van der Waals surface area contributed by atoms with Gasteiger partial charge in [-0.2, -0.15) is 4.98 Å². The summed E-state index contributed by atoms with van der Waals surface area (Å²) in [4.78, 5) is 22.7. The molecule has 2 aromatic heterocycles. The summed E-state index contributed by atoms with van der Waals surface area (Å²) in [7, 11) is 0. The highest BCUT2D eigenvalue weighted by atomic mass is 32.2. The van der Waals surface area contributed by atoms with Crippen LogP contribution in [0.4, 0.5) is 11.6 Å². The SMILES string of the molecule is NNc1ncc([N+](=O)[O-])c(Sc2nc3ccccc3s2)n1. The summed E-state index contributed by atoms with van der Waals surface area (Å²) >= 11 is 2.56. The van der Waals surface area contributed by atoms with E-state index < -0.39 is 4.92 Å². The lowest BCUT2D eigenvalue weighted by Crippen LogP contribution is -2.11. The third-order valence-corrected chi connectivity index (χ3v) is 4.61. The number of nitrogens with zero attached hydrogens (tertiary/aromatic N) is 4. The Bertz CT molecular complexity index is 788. The second kappa shape index (κ2) is 5.60. The number of rotatable bonds is 4. The van der Waals surface area contributed by atoms with Crippen molar-refractivity contribution in [2.45, 2.75) is 9.37 Å². The van der Waals surface area contributed by atoms with Gasteiger partial charge in [-0.25, -0.2) is 15.8 Å². The summed E-state index contributed by atoms with van der Waals surface area (Å²) in [6.45, 7) is 0. The predicted molar refractivity (Wildman–Crippen MR) is 80.2 cm³/mol. The molecule has 8 nitrogen and oxygen atoms in total. The van der Waals surface area contributed by atoms with Crippen LogP contribution in [0.3, 0.4) is 0 Å². The van der Waals surface area contributed by atoms with Crippen LogP contribution in [-0.2, 0) is 0 Å². The molecule has 0 aliphatic rings. The second-order valence-electron chi connectivity index (χ2n) is 3.84. The van der Waals surface area contributed by atoms with Gasteiger partial charge in [-0.05, 0) is 23.9 Å². The fraction of sp³-hybridized carbons (Fsp3) is 0. The zero-order chi connectivity index (χ0) is 14.8. The third kappa shape index (κ3) is 2.77. The average molecular weight is 320 g/mol. The highest BCUT2D eigenvalue weighted by molar-refractivity contribution is 8.01. The number of hydrogen-bond acceptors (Lipinski definition) is 9. The van der Waals surface area contributed by atoms with Crippen LogP contribution >= 0.6 is 23.1 Å². The number of nitrogens with two attached hydrogens (primary N) is 1. The van der Waals surface area contributed by atoms with Crippen LogP contribution < -0.4 is 11.3 Å². The van der Waals surface area contributed by atoms with Gasteiger partial charge in [0.1, 0.15) is 6.20 Å². The second-order valence-corrected chi connectivity index (χ2v) is 6.10. The average Bonchev–Trinajstić information content (AvgIpc) is 2.89. The Kier molecular flexibility index (Phi) is 3.64. The zero-order valence-corrected chi connectivity index (χ0v) is 12.0. The van der Waals surface area contributed by atoms with Crippen LogP contribution in [0.25, 0.3) is 10.2 Å². The Labute approximate surface area is 126 Å².